The largest absolute Gasteiger partial charge is 0.343 e. The monoisotopic (exact) mass is 378 g/mol. The minimum absolute atomic E-state index is 0.0309. The van der Waals surface area contributed by atoms with Gasteiger partial charge in [0.15, 0.2) is 9.84 Å². The number of nitrogens with one attached hydrogen (secondary N) is 1. The van der Waals surface area contributed by atoms with Gasteiger partial charge in [-0.25, -0.2) is 8.42 Å². The van der Waals surface area contributed by atoms with Gasteiger partial charge in [0.25, 0.3) is 0 Å². The number of sulfone groups is 1. The summed E-state index contributed by atoms with van der Waals surface area (Å²) in [5.41, 5.74) is 2.42. The van der Waals surface area contributed by atoms with E-state index in [1.807, 2.05) is 17.0 Å². The molecule has 6 heteroatoms. The van der Waals surface area contributed by atoms with Crippen LogP contribution in [-0.4, -0.2) is 51.2 Å². The van der Waals surface area contributed by atoms with Crippen LogP contribution in [0.5, 0.6) is 0 Å². The van der Waals surface area contributed by atoms with Crippen LogP contribution in [0.1, 0.15) is 43.7 Å². The zero-order valence-electron chi connectivity index (χ0n) is 15.7. The minimum atomic E-state index is -3.40. The van der Waals surface area contributed by atoms with E-state index in [1.165, 1.54) is 5.56 Å². The number of piperidine rings is 1. The molecule has 5 nitrogen and oxygen atoms in total. The maximum atomic E-state index is 12.6. The fraction of sp³-hybridized carbons (Fsp3) is 0.650. The summed E-state index contributed by atoms with van der Waals surface area (Å²) in [5, 5.41) is 3.36. The lowest BCUT2D eigenvalue weighted by Crippen LogP contribution is -2.41. The van der Waals surface area contributed by atoms with Gasteiger partial charge in [0.1, 0.15) is 0 Å². The zero-order valence-corrected chi connectivity index (χ0v) is 16.5. The number of aryl methyl sites for hydroxylation is 2. The first-order valence-corrected chi connectivity index (χ1v) is 11.5. The standard InChI is InChI=1S/C20H30N2O3S/c1-2-21-15-16-8-11-22(12-9-16)20(23)10-13-26(24,25)19-7-6-17-4-3-5-18(17)14-19/h6-7,14,16,21H,2-5,8-13,15H2,1H3. The second-order valence-electron chi connectivity index (χ2n) is 7.48. The molecule has 3 rings (SSSR count). The van der Waals surface area contributed by atoms with Crippen molar-refractivity contribution in [3.8, 4) is 0 Å². The molecule has 0 aromatic heterocycles. The molecule has 0 unspecified atom stereocenters. The van der Waals surface area contributed by atoms with Crippen LogP contribution in [0.4, 0.5) is 0 Å². The Labute approximate surface area is 157 Å². The normalized spacial score (nSPS) is 18.1. The van der Waals surface area contributed by atoms with Crippen molar-refractivity contribution < 1.29 is 13.2 Å². The van der Waals surface area contributed by atoms with Crippen LogP contribution >= 0.6 is 0 Å². The number of carbonyl (C=O) groups is 1. The summed E-state index contributed by atoms with van der Waals surface area (Å²) in [6.45, 7) is 5.56. The summed E-state index contributed by atoms with van der Waals surface area (Å²) in [6, 6.07) is 5.46. The summed E-state index contributed by atoms with van der Waals surface area (Å²) in [7, 11) is -3.40. The van der Waals surface area contributed by atoms with Gasteiger partial charge < -0.3 is 10.2 Å². The fourth-order valence-electron chi connectivity index (χ4n) is 3.97. The third-order valence-electron chi connectivity index (χ3n) is 5.66. The van der Waals surface area contributed by atoms with E-state index in [0.717, 1.165) is 63.8 Å². The lowest BCUT2D eigenvalue weighted by Gasteiger charge is -2.32. The highest BCUT2D eigenvalue weighted by molar-refractivity contribution is 7.91. The molecule has 1 aromatic carbocycles. The molecule has 1 amide bonds. The van der Waals surface area contributed by atoms with E-state index in [9.17, 15) is 13.2 Å². The van der Waals surface area contributed by atoms with Gasteiger partial charge >= 0.3 is 0 Å². The maximum Gasteiger partial charge on any atom is 0.223 e. The summed E-state index contributed by atoms with van der Waals surface area (Å²) in [6.07, 6.45) is 5.17. The fourth-order valence-corrected chi connectivity index (χ4v) is 5.25. The second-order valence-corrected chi connectivity index (χ2v) is 9.59. The average Bonchev–Trinajstić information content (AvgIpc) is 3.13. The average molecular weight is 379 g/mol. The number of carbonyl (C=O) groups excluding carboxylic acids is 1. The molecule has 1 saturated heterocycles. The van der Waals surface area contributed by atoms with E-state index in [0.29, 0.717) is 10.8 Å². The zero-order chi connectivity index (χ0) is 18.6. The molecule has 0 bridgehead atoms. The molecule has 0 saturated carbocycles. The lowest BCUT2D eigenvalue weighted by atomic mass is 9.96. The molecule has 1 aromatic rings. The number of benzene rings is 1. The van der Waals surface area contributed by atoms with Crippen LogP contribution in [0.3, 0.4) is 0 Å². The van der Waals surface area contributed by atoms with Crippen molar-refractivity contribution in [1.29, 1.82) is 0 Å². The first-order valence-electron chi connectivity index (χ1n) is 9.82. The molecule has 1 N–H and O–H groups in total. The Morgan fingerprint density at radius 1 is 1.19 bits per heavy atom. The van der Waals surface area contributed by atoms with E-state index in [4.69, 9.17) is 0 Å². The Morgan fingerprint density at radius 3 is 2.65 bits per heavy atom. The van der Waals surface area contributed by atoms with Gasteiger partial charge in [-0.2, -0.15) is 0 Å². The number of nitrogens with zero attached hydrogens (tertiary/aromatic N) is 1. The first-order chi connectivity index (χ1) is 12.5. The molecule has 1 fully saturated rings. The smallest absolute Gasteiger partial charge is 0.223 e. The lowest BCUT2D eigenvalue weighted by molar-refractivity contribution is -0.132. The summed E-state index contributed by atoms with van der Waals surface area (Å²) in [5.74, 6) is 0.493. The van der Waals surface area contributed by atoms with Gasteiger partial charge in [-0.05, 0) is 74.4 Å². The SMILES string of the molecule is CCNCC1CCN(C(=O)CCS(=O)(=O)c2ccc3c(c2)CCC3)CC1. The number of amides is 1. The highest BCUT2D eigenvalue weighted by atomic mass is 32.2. The Kier molecular flexibility index (Phi) is 6.35. The van der Waals surface area contributed by atoms with E-state index < -0.39 is 9.84 Å². The van der Waals surface area contributed by atoms with Crippen LogP contribution in [0, 0.1) is 5.92 Å². The predicted octanol–water partition coefficient (Wildman–Crippen LogP) is 2.19. The molecule has 26 heavy (non-hydrogen) atoms. The Hall–Kier alpha value is -1.40. The molecule has 1 heterocycles. The van der Waals surface area contributed by atoms with Gasteiger partial charge in [-0.15, -0.1) is 0 Å². The summed E-state index contributed by atoms with van der Waals surface area (Å²) < 4.78 is 25.2. The van der Waals surface area contributed by atoms with Crippen molar-refractivity contribution in [1.82, 2.24) is 10.2 Å². The molecule has 0 atom stereocenters. The number of likely N-dealkylation sites (tertiary alicyclic amines) is 1. The number of hydrogen-bond acceptors (Lipinski definition) is 4. The number of fused-ring (bicyclic) bond motifs is 1. The Balaban J connectivity index is 1.51. The number of hydrogen-bond donors (Lipinski definition) is 1. The third kappa shape index (κ3) is 4.65. The van der Waals surface area contributed by atoms with Crippen LogP contribution in [0.25, 0.3) is 0 Å². The third-order valence-corrected chi connectivity index (χ3v) is 7.38. The maximum absolute atomic E-state index is 12.6. The molecular weight excluding hydrogens is 348 g/mol. The van der Waals surface area contributed by atoms with Crippen molar-refractivity contribution >= 4 is 15.7 Å². The molecular formula is C20H30N2O3S. The van der Waals surface area contributed by atoms with Crippen molar-refractivity contribution in [2.45, 2.75) is 50.3 Å². The van der Waals surface area contributed by atoms with Crippen molar-refractivity contribution in [2.75, 3.05) is 31.9 Å². The first kappa shape index (κ1) is 19.4. The molecule has 2 aliphatic rings. The van der Waals surface area contributed by atoms with Gasteiger partial charge in [0, 0.05) is 19.5 Å². The number of rotatable bonds is 7. The van der Waals surface area contributed by atoms with E-state index in [-0.39, 0.29) is 18.1 Å². The van der Waals surface area contributed by atoms with Gasteiger partial charge in [0.05, 0.1) is 10.6 Å². The highest BCUT2D eigenvalue weighted by Gasteiger charge is 2.25. The van der Waals surface area contributed by atoms with Gasteiger partial charge in [0.2, 0.25) is 5.91 Å². The van der Waals surface area contributed by atoms with Crippen LogP contribution in [0.15, 0.2) is 23.1 Å². The van der Waals surface area contributed by atoms with Crippen LogP contribution in [-0.2, 0) is 27.5 Å². The van der Waals surface area contributed by atoms with Crippen LogP contribution < -0.4 is 5.32 Å². The van der Waals surface area contributed by atoms with Crippen molar-refractivity contribution in [3.05, 3.63) is 29.3 Å². The van der Waals surface area contributed by atoms with Gasteiger partial charge in [-0.1, -0.05) is 13.0 Å². The second kappa shape index (κ2) is 8.53. The predicted molar refractivity (Wildman–Crippen MR) is 103 cm³/mol. The summed E-state index contributed by atoms with van der Waals surface area (Å²) >= 11 is 0. The van der Waals surface area contributed by atoms with Crippen molar-refractivity contribution in [2.24, 2.45) is 5.92 Å². The van der Waals surface area contributed by atoms with E-state index >= 15 is 0 Å². The Morgan fingerprint density at radius 2 is 1.92 bits per heavy atom. The Bertz CT molecular complexity index is 737. The molecule has 0 radical (unpaired) electrons. The van der Waals surface area contributed by atoms with Gasteiger partial charge in [-0.3, -0.25) is 4.79 Å². The summed E-state index contributed by atoms with van der Waals surface area (Å²) in [4.78, 5) is 14.6. The quantitative estimate of drug-likeness (QED) is 0.790. The van der Waals surface area contributed by atoms with Crippen LogP contribution in [0.2, 0.25) is 0 Å². The minimum Gasteiger partial charge on any atom is -0.343 e. The van der Waals surface area contributed by atoms with Crippen molar-refractivity contribution in [3.63, 3.8) is 0 Å². The highest BCUT2D eigenvalue weighted by Crippen LogP contribution is 2.25. The topological polar surface area (TPSA) is 66.5 Å². The van der Waals surface area contributed by atoms with E-state index in [1.54, 1.807) is 6.07 Å². The molecule has 0 spiro atoms. The molecule has 1 aliphatic heterocycles. The molecule has 144 valence electrons. The van der Waals surface area contributed by atoms with E-state index in [2.05, 4.69) is 12.2 Å². The molecule has 1 aliphatic carbocycles.